The fourth-order valence-corrected chi connectivity index (χ4v) is 3.98. The van der Waals surface area contributed by atoms with E-state index in [-0.39, 0.29) is 37.8 Å². The number of alkyl halides is 2. The summed E-state index contributed by atoms with van der Waals surface area (Å²) in [6.07, 6.45) is -0.743. The topological polar surface area (TPSA) is 88.9 Å². The fourth-order valence-electron chi connectivity index (χ4n) is 2.69. The molecule has 3 aromatic rings. The first-order valence-corrected chi connectivity index (χ1v) is 11.6. The number of hydrogen-bond acceptors (Lipinski definition) is 5. The minimum Gasteiger partial charge on any atom is -0.319 e. The number of amides is 2. The van der Waals surface area contributed by atoms with Crippen LogP contribution in [0.1, 0.15) is 46.3 Å². The molecule has 13 heteroatoms. The van der Waals surface area contributed by atoms with Crippen LogP contribution in [0, 0.1) is 0 Å². The van der Waals surface area contributed by atoms with E-state index in [0.29, 0.717) is 5.75 Å². The quantitative estimate of drug-likeness (QED) is 0.265. The van der Waals surface area contributed by atoms with E-state index in [1.54, 1.807) is 0 Å². The number of carbonyl (C=O) groups is 2. The van der Waals surface area contributed by atoms with Crippen LogP contribution in [0.5, 0.6) is 0 Å². The molecule has 1 aromatic carbocycles. The monoisotopic (exact) mass is 533 g/mol. The zero-order valence-electron chi connectivity index (χ0n) is 16.9. The number of nitrogens with one attached hydrogen (secondary N) is 2. The van der Waals surface area contributed by atoms with Crippen molar-refractivity contribution < 1.29 is 18.4 Å². The van der Waals surface area contributed by atoms with E-state index in [4.69, 9.17) is 34.8 Å². The number of nitrogens with zero attached hydrogens (tertiary/aromatic N) is 3. The van der Waals surface area contributed by atoms with E-state index >= 15 is 0 Å². The summed E-state index contributed by atoms with van der Waals surface area (Å²) >= 11 is 19.6. The van der Waals surface area contributed by atoms with Crippen molar-refractivity contribution in [2.45, 2.75) is 19.8 Å². The van der Waals surface area contributed by atoms with Gasteiger partial charge in [-0.05, 0) is 36.8 Å². The van der Waals surface area contributed by atoms with Crippen LogP contribution in [-0.2, 0) is 0 Å². The van der Waals surface area contributed by atoms with E-state index in [1.165, 1.54) is 42.4 Å². The van der Waals surface area contributed by atoms with Crippen LogP contribution >= 0.6 is 46.8 Å². The zero-order valence-corrected chi connectivity index (χ0v) is 20.0. The van der Waals surface area contributed by atoms with Crippen LogP contribution in [0.4, 0.5) is 14.5 Å². The Morgan fingerprint density at radius 2 is 1.91 bits per heavy atom. The van der Waals surface area contributed by atoms with Gasteiger partial charge in [-0.3, -0.25) is 14.3 Å². The van der Waals surface area contributed by atoms with E-state index in [1.807, 2.05) is 6.92 Å². The van der Waals surface area contributed by atoms with Crippen molar-refractivity contribution in [3.63, 3.8) is 0 Å². The normalized spacial score (nSPS) is 11.0. The Balaban J connectivity index is 2.01. The number of pyridine rings is 1. The lowest BCUT2D eigenvalue weighted by Gasteiger charge is -2.14. The minimum atomic E-state index is -2.95. The summed E-state index contributed by atoms with van der Waals surface area (Å²) in [4.78, 5) is 29.8. The van der Waals surface area contributed by atoms with Crippen molar-refractivity contribution in [1.82, 2.24) is 19.5 Å². The van der Waals surface area contributed by atoms with Gasteiger partial charge in [-0.25, -0.2) is 18.4 Å². The molecule has 174 valence electrons. The Morgan fingerprint density at radius 3 is 2.58 bits per heavy atom. The number of halogens is 5. The molecule has 0 bridgehead atoms. The molecule has 0 radical (unpaired) electrons. The summed E-state index contributed by atoms with van der Waals surface area (Å²) < 4.78 is 30.2. The molecule has 7 nitrogen and oxygen atoms in total. The average molecular weight is 535 g/mol. The minimum absolute atomic E-state index is 0.000435. The highest BCUT2D eigenvalue weighted by Gasteiger charge is 2.25. The molecule has 0 aliphatic rings. The lowest BCUT2D eigenvalue weighted by molar-refractivity contribution is 0.0985. The number of anilines is 1. The van der Waals surface area contributed by atoms with Crippen molar-refractivity contribution in [1.29, 1.82) is 0 Å². The molecule has 2 amide bonds. The second-order valence-corrected chi connectivity index (χ2v) is 8.67. The van der Waals surface area contributed by atoms with Crippen LogP contribution in [0.2, 0.25) is 15.1 Å². The van der Waals surface area contributed by atoms with E-state index in [0.717, 1.165) is 17.2 Å². The third-order valence-corrected chi connectivity index (χ3v) is 5.89. The van der Waals surface area contributed by atoms with Gasteiger partial charge in [0.1, 0.15) is 11.4 Å². The van der Waals surface area contributed by atoms with Crippen molar-refractivity contribution in [2.24, 2.45) is 0 Å². The molecule has 0 atom stereocenters. The van der Waals surface area contributed by atoms with Crippen LogP contribution < -0.4 is 10.0 Å². The van der Waals surface area contributed by atoms with Crippen molar-refractivity contribution in [3.05, 3.63) is 68.5 Å². The second kappa shape index (κ2) is 11.1. The summed E-state index contributed by atoms with van der Waals surface area (Å²) in [5, 5.41) is 6.52. The van der Waals surface area contributed by atoms with Gasteiger partial charge in [-0.2, -0.15) is 5.10 Å². The molecule has 0 aliphatic carbocycles. The van der Waals surface area contributed by atoms with Gasteiger partial charge in [-0.1, -0.05) is 53.7 Å². The highest BCUT2D eigenvalue weighted by molar-refractivity contribution is 7.97. The summed E-state index contributed by atoms with van der Waals surface area (Å²) in [6.45, 7) is 1.95. The van der Waals surface area contributed by atoms with Gasteiger partial charge >= 0.3 is 0 Å². The zero-order chi connectivity index (χ0) is 24.1. The molecular formula is C20H16Cl3F2N5O2S. The molecule has 0 fully saturated rings. The van der Waals surface area contributed by atoms with Crippen molar-refractivity contribution >= 4 is 64.3 Å². The standard InChI is InChI=1S/C20H16Cl3F2N5O2S/c1-2-6-33-29-19(31)11-7-10(21)8-13(23)16(11)27-20(32)15-9-14(17(24)25)28-30(15)18-12(22)4-3-5-26-18/h3-5,7-9,17H,2,6H2,1H3,(H,27,32)(H,29,31). The third-order valence-electron chi connectivity index (χ3n) is 4.13. The van der Waals surface area contributed by atoms with E-state index in [9.17, 15) is 18.4 Å². The van der Waals surface area contributed by atoms with Gasteiger partial charge in [0.25, 0.3) is 18.2 Å². The predicted molar refractivity (Wildman–Crippen MR) is 126 cm³/mol. The Bertz CT molecular complexity index is 1190. The molecule has 33 heavy (non-hydrogen) atoms. The molecule has 0 spiro atoms. The van der Waals surface area contributed by atoms with Crippen molar-refractivity contribution in [3.8, 4) is 5.82 Å². The lowest BCUT2D eigenvalue weighted by atomic mass is 10.1. The van der Waals surface area contributed by atoms with E-state index < -0.39 is 23.9 Å². The second-order valence-electron chi connectivity index (χ2n) is 6.52. The Hall–Kier alpha value is -2.40. The van der Waals surface area contributed by atoms with Gasteiger partial charge in [-0.15, -0.1) is 0 Å². The van der Waals surface area contributed by atoms with Crippen LogP contribution in [-0.4, -0.2) is 32.3 Å². The molecular weight excluding hydrogens is 519 g/mol. The number of benzene rings is 1. The average Bonchev–Trinajstić information content (AvgIpc) is 3.21. The maximum atomic E-state index is 13.3. The van der Waals surface area contributed by atoms with Gasteiger partial charge < -0.3 is 5.32 Å². The first-order valence-electron chi connectivity index (χ1n) is 9.44. The van der Waals surface area contributed by atoms with Gasteiger partial charge in [0, 0.05) is 17.0 Å². The Labute approximate surface area is 206 Å². The summed E-state index contributed by atoms with van der Waals surface area (Å²) in [6, 6.07) is 6.60. The first-order chi connectivity index (χ1) is 15.7. The molecule has 2 aromatic heterocycles. The van der Waals surface area contributed by atoms with Crippen LogP contribution in [0.25, 0.3) is 5.82 Å². The number of carbonyl (C=O) groups excluding carboxylic acids is 2. The van der Waals surface area contributed by atoms with Crippen LogP contribution in [0.15, 0.2) is 36.5 Å². The molecule has 0 aliphatic heterocycles. The van der Waals surface area contributed by atoms with Crippen molar-refractivity contribution in [2.75, 3.05) is 11.1 Å². The molecule has 0 saturated carbocycles. The Kier molecular flexibility index (Phi) is 8.52. The lowest BCUT2D eigenvalue weighted by Crippen LogP contribution is -2.22. The third kappa shape index (κ3) is 5.94. The van der Waals surface area contributed by atoms with Crippen LogP contribution in [0.3, 0.4) is 0 Å². The maximum Gasteiger partial charge on any atom is 0.282 e. The molecule has 0 saturated heterocycles. The summed E-state index contributed by atoms with van der Waals surface area (Å²) in [7, 11) is 0. The highest BCUT2D eigenvalue weighted by atomic mass is 35.5. The maximum absolute atomic E-state index is 13.3. The molecule has 2 N–H and O–H groups in total. The SMILES string of the molecule is CCCSNC(=O)c1cc(Cl)cc(Cl)c1NC(=O)c1cc(C(F)F)nn1-c1ncccc1Cl. The molecule has 3 rings (SSSR count). The number of rotatable bonds is 8. The van der Waals surface area contributed by atoms with E-state index in [2.05, 4.69) is 20.1 Å². The van der Waals surface area contributed by atoms with Gasteiger partial charge in [0.2, 0.25) is 0 Å². The largest absolute Gasteiger partial charge is 0.319 e. The van der Waals surface area contributed by atoms with Gasteiger partial charge in [0.05, 0.1) is 21.3 Å². The molecule has 0 unspecified atom stereocenters. The van der Waals surface area contributed by atoms with Gasteiger partial charge in [0.15, 0.2) is 5.82 Å². The molecule has 2 heterocycles. The summed E-state index contributed by atoms with van der Waals surface area (Å²) in [5.41, 5.74) is -0.985. The highest BCUT2D eigenvalue weighted by Crippen LogP contribution is 2.32. The fraction of sp³-hybridized carbons (Fsp3) is 0.200. The predicted octanol–water partition coefficient (Wildman–Crippen LogP) is 6.21. The first kappa shape index (κ1) is 25.2. The number of hydrogen-bond donors (Lipinski definition) is 2. The summed E-state index contributed by atoms with van der Waals surface area (Å²) in [5.74, 6) is -0.757. The Morgan fingerprint density at radius 1 is 1.15 bits per heavy atom. The smallest absolute Gasteiger partial charge is 0.282 e. The number of aromatic nitrogens is 3.